The Labute approximate surface area is 301 Å². The topological polar surface area (TPSA) is 77.3 Å². The summed E-state index contributed by atoms with van der Waals surface area (Å²) in [5.74, 6) is 2.55. The molecule has 6 aromatic carbocycles. The molecule has 0 N–H and O–H groups in total. The van der Waals surface area contributed by atoms with Crippen molar-refractivity contribution in [1.82, 2.24) is 29.9 Å². The maximum Gasteiger partial charge on any atom is 0.164 e. The van der Waals surface area contributed by atoms with Gasteiger partial charge in [0.25, 0.3) is 0 Å². The number of benzene rings is 6. The molecule has 0 unspecified atom stereocenters. The largest absolute Gasteiger partial charge is 0.264 e. The second-order valence-electron chi connectivity index (χ2n) is 12.5. The lowest BCUT2D eigenvalue weighted by molar-refractivity contribution is 1.07. The Morgan fingerprint density at radius 3 is 1.40 bits per heavy atom. The number of hydrogen-bond acceptors (Lipinski definition) is 6. The Kier molecular flexibility index (Phi) is 8.08. The summed E-state index contributed by atoms with van der Waals surface area (Å²) < 4.78 is 0. The smallest absolute Gasteiger partial charge is 0.164 e. The third kappa shape index (κ3) is 6.32. The first-order valence-corrected chi connectivity index (χ1v) is 17.1. The predicted octanol–water partition coefficient (Wildman–Crippen LogP) is 10.9. The first-order valence-electron chi connectivity index (χ1n) is 17.1. The number of fused-ring (bicyclic) bond motifs is 1. The Balaban J connectivity index is 1.08. The number of rotatable bonds is 7. The van der Waals surface area contributed by atoms with E-state index < -0.39 is 0 Å². The molecular weight excluding hydrogens is 637 g/mol. The molecular formula is C46H30N6. The molecule has 0 aliphatic rings. The number of hydrogen-bond donors (Lipinski definition) is 0. The van der Waals surface area contributed by atoms with Gasteiger partial charge >= 0.3 is 0 Å². The van der Waals surface area contributed by atoms with Gasteiger partial charge in [-0.1, -0.05) is 146 Å². The standard InChI is InChI=1S/C46H30N6/c1-4-11-32(12-5-1)41-29-42(49-43(48-41)33-13-6-2-7-14-33)38-18-10-17-36(27-38)31-19-21-35(22-20-31)45-50-44(34-15-8-3-9-16-34)51-46(52-45)39-23-24-40-30-47-26-25-37(40)28-39/h1-30H. The molecule has 0 aliphatic carbocycles. The summed E-state index contributed by atoms with van der Waals surface area (Å²) in [7, 11) is 0. The van der Waals surface area contributed by atoms with E-state index in [4.69, 9.17) is 24.9 Å². The molecule has 0 fully saturated rings. The van der Waals surface area contributed by atoms with Crippen LogP contribution in [0.15, 0.2) is 182 Å². The Morgan fingerprint density at radius 2 is 0.750 bits per heavy atom. The predicted molar refractivity (Wildman–Crippen MR) is 209 cm³/mol. The van der Waals surface area contributed by atoms with Crippen LogP contribution in [0.25, 0.3) is 90.0 Å². The third-order valence-corrected chi connectivity index (χ3v) is 9.03. The van der Waals surface area contributed by atoms with E-state index >= 15 is 0 Å². The summed E-state index contributed by atoms with van der Waals surface area (Å²) in [6.45, 7) is 0. The van der Waals surface area contributed by atoms with Crippen molar-refractivity contribution in [3.05, 3.63) is 182 Å². The van der Waals surface area contributed by atoms with Gasteiger partial charge in [0, 0.05) is 51.2 Å². The molecule has 0 aliphatic heterocycles. The van der Waals surface area contributed by atoms with Gasteiger partial charge in [-0.05, 0) is 40.8 Å². The first-order chi connectivity index (χ1) is 25.7. The van der Waals surface area contributed by atoms with Crippen molar-refractivity contribution in [2.24, 2.45) is 0 Å². The van der Waals surface area contributed by atoms with E-state index in [2.05, 4.69) is 83.8 Å². The fraction of sp³-hybridized carbons (Fsp3) is 0. The fourth-order valence-electron chi connectivity index (χ4n) is 6.31. The van der Waals surface area contributed by atoms with Crippen LogP contribution in [-0.2, 0) is 0 Å². The van der Waals surface area contributed by atoms with E-state index in [-0.39, 0.29) is 0 Å². The summed E-state index contributed by atoms with van der Waals surface area (Å²) in [4.78, 5) is 29.1. The number of aromatic nitrogens is 6. The second kappa shape index (κ2) is 13.6. The lowest BCUT2D eigenvalue weighted by atomic mass is 9.99. The van der Waals surface area contributed by atoms with Crippen molar-refractivity contribution >= 4 is 10.8 Å². The van der Waals surface area contributed by atoms with Crippen molar-refractivity contribution in [1.29, 1.82) is 0 Å². The molecule has 0 saturated carbocycles. The highest BCUT2D eigenvalue weighted by atomic mass is 15.0. The Morgan fingerprint density at radius 1 is 0.269 bits per heavy atom. The van der Waals surface area contributed by atoms with Crippen LogP contribution >= 0.6 is 0 Å². The fourth-order valence-corrected chi connectivity index (χ4v) is 6.31. The lowest BCUT2D eigenvalue weighted by Crippen LogP contribution is -2.00. The van der Waals surface area contributed by atoms with Crippen LogP contribution in [0.2, 0.25) is 0 Å². The number of nitrogens with zero attached hydrogens (tertiary/aromatic N) is 6. The van der Waals surface area contributed by atoms with Crippen molar-refractivity contribution in [2.45, 2.75) is 0 Å². The minimum absolute atomic E-state index is 0.613. The molecule has 9 aromatic rings. The molecule has 6 nitrogen and oxygen atoms in total. The molecule has 9 rings (SSSR count). The summed E-state index contributed by atoms with van der Waals surface area (Å²) in [6.07, 6.45) is 3.66. The molecule has 6 heteroatoms. The van der Waals surface area contributed by atoms with Crippen LogP contribution in [-0.4, -0.2) is 29.9 Å². The van der Waals surface area contributed by atoms with Crippen LogP contribution in [0.4, 0.5) is 0 Å². The molecule has 244 valence electrons. The highest BCUT2D eigenvalue weighted by molar-refractivity contribution is 5.86. The molecule has 3 heterocycles. The van der Waals surface area contributed by atoms with Gasteiger partial charge in [0.15, 0.2) is 23.3 Å². The molecule has 3 aromatic heterocycles. The normalized spacial score (nSPS) is 11.1. The molecule has 0 atom stereocenters. The van der Waals surface area contributed by atoms with Gasteiger partial charge < -0.3 is 0 Å². The van der Waals surface area contributed by atoms with Crippen LogP contribution in [0.3, 0.4) is 0 Å². The van der Waals surface area contributed by atoms with Gasteiger partial charge in [0.05, 0.1) is 11.4 Å². The summed E-state index contributed by atoms with van der Waals surface area (Å²) >= 11 is 0. The van der Waals surface area contributed by atoms with E-state index in [1.807, 2.05) is 97.2 Å². The quantitative estimate of drug-likeness (QED) is 0.168. The zero-order valence-electron chi connectivity index (χ0n) is 28.0. The van der Waals surface area contributed by atoms with Crippen molar-refractivity contribution in [3.63, 3.8) is 0 Å². The lowest BCUT2D eigenvalue weighted by Gasteiger charge is -2.11. The van der Waals surface area contributed by atoms with E-state index in [1.54, 1.807) is 6.20 Å². The minimum Gasteiger partial charge on any atom is -0.264 e. The van der Waals surface area contributed by atoms with E-state index in [0.717, 1.165) is 66.7 Å². The Hall–Kier alpha value is -7.18. The summed E-state index contributed by atoms with van der Waals surface area (Å²) in [5.41, 5.74) is 9.69. The van der Waals surface area contributed by atoms with E-state index in [9.17, 15) is 0 Å². The zero-order valence-corrected chi connectivity index (χ0v) is 28.0. The molecule has 0 amide bonds. The maximum absolute atomic E-state index is 5.03. The van der Waals surface area contributed by atoms with Crippen LogP contribution in [0, 0.1) is 0 Å². The highest BCUT2D eigenvalue weighted by Crippen LogP contribution is 2.32. The molecule has 52 heavy (non-hydrogen) atoms. The van der Waals surface area contributed by atoms with Crippen LogP contribution < -0.4 is 0 Å². The van der Waals surface area contributed by atoms with Gasteiger partial charge in [-0.25, -0.2) is 24.9 Å². The van der Waals surface area contributed by atoms with Gasteiger partial charge in [-0.2, -0.15) is 0 Å². The number of pyridine rings is 1. The van der Waals surface area contributed by atoms with Gasteiger partial charge in [-0.3, -0.25) is 4.98 Å². The van der Waals surface area contributed by atoms with Crippen molar-refractivity contribution < 1.29 is 0 Å². The molecule has 0 spiro atoms. The van der Waals surface area contributed by atoms with Crippen LogP contribution in [0.5, 0.6) is 0 Å². The molecule has 0 radical (unpaired) electrons. The van der Waals surface area contributed by atoms with Gasteiger partial charge in [0.1, 0.15) is 0 Å². The van der Waals surface area contributed by atoms with Crippen molar-refractivity contribution in [2.75, 3.05) is 0 Å². The summed E-state index contributed by atoms with van der Waals surface area (Å²) in [6, 6.07) is 57.5. The highest BCUT2D eigenvalue weighted by Gasteiger charge is 2.14. The average molecular weight is 667 g/mol. The monoisotopic (exact) mass is 666 g/mol. The first kappa shape index (κ1) is 30.8. The second-order valence-corrected chi connectivity index (χ2v) is 12.5. The SMILES string of the molecule is c1ccc(-c2cc(-c3cccc(-c4ccc(-c5nc(-c6ccccc6)nc(-c6ccc7cnccc7c6)n5)cc4)c3)nc(-c3ccccc3)n2)cc1. The molecule has 0 saturated heterocycles. The van der Waals surface area contributed by atoms with Gasteiger partial charge in [0.2, 0.25) is 0 Å². The van der Waals surface area contributed by atoms with Crippen LogP contribution in [0.1, 0.15) is 0 Å². The summed E-state index contributed by atoms with van der Waals surface area (Å²) in [5, 5.41) is 2.15. The molecule has 0 bridgehead atoms. The average Bonchev–Trinajstić information content (AvgIpc) is 3.24. The Bertz CT molecular complexity index is 2600. The van der Waals surface area contributed by atoms with Gasteiger partial charge in [-0.15, -0.1) is 0 Å². The van der Waals surface area contributed by atoms with E-state index in [0.29, 0.717) is 23.3 Å². The third-order valence-electron chi connectivity index (χ3n) is 9.03. The minimum atomic E-state index is 0.613. The van der Waals surface area contributed by atoms with Crippen molar-refractivity contribution in [3.8, 4) is 79.2 Å². The maximum atomic E-state index is 5.03. The van der Waals surface area contributed by atoms with E-state index in [1.165, 1.54) is 0 Å². The zero-order chi connectivity index (χ0) is 34.7.